The summed E-state index contributed by atoms with van der Waals surface area (Å²) in [4.78, 5) is 2.56. The van der Waals surface area contributed by atoms with Crippen molar-refractivity contribution in [1.82, 2.24) is 0 Å². The van der Waals surface area contributed by atoms with Gasteiger partial charge in [-0.1, -0.05) is 33.6 Å². The summed E-state index contributed by atoms with van der Waals surface area (Å²) in [6, 6.07) is 7.78. The monoisotopic (exact) mass is 329 g/mol. The molecule has 90 valence electrons. The highest BCUT2D eigenvalue weighted by Gasteiger charge is 2.16. The highest BCUT2D eigenvalue weighted by Crippen LogP contribution is 2.33. The van der Waals surface area contributed by atoms with Crippen molar-refractivity contribution in [2.75, 3.05) is 0 Å². The first-order chi connectivity index (χ1) is 7.99. The van der Waals surface area contributed by atoms with E-state index in [0.717, 1.165) is 10.0 Å². The van der Waals surface area contributed by atoms with Crippen LogP contribution in [0.2, 0.25) is 5.02 Å². The molecule has 0 bridgehead atoms. The Kier molecular flexibility index (Phi) is 3.93. The molecule has 17 heavy (non-hydrogen) atoms. The standard InChI is InChI=1S/C13H13BrClNS/c1-7-5-11(8(2)17-7)13(16)10-4-3-9(15)6-12(10)14/h3-6,13H,16H2,1-2H3. The van der Waals surface area contributed by atoms with Crippen LogP contribution in [-0.2, 0) is 0 Å². The van der Waals surface area contributed by atoms with Crippen LogP contribution in [0.25, 0.3) is 0 Å². The zero-order valence-corrected chi connectivity index (χ0v) is 12.8. The van der Waals surface area contributed by atoms with Gasteiger partial charge in [0, 0.05) is 19.2 Å². The zero-order chi connectivity index (χ0) is 12.6. The van der Waals surface area contributed by atoms with Crippen LogP contribution in [0.5, 0.6) is 0 Å². The first-order valence-electron chi connectivity index (χ1n) is 5.26. The molecule has 1 unspecified atom stereocenters. The largest absolute Gasteiger partial charge is 0.320 e. The maximum atomic E-state index is 6.31. The molecule has 2 rings (SSSR count). The van der Waals surface area contributed by atoms with E-state index in [0.29, 0.717) is 5.02 Å². The lowest BCUT2D eigenvalue weighted by Gasteiger charge is -2.14. The maximum absolute atomic E-state index is 6.31. The van der Waals surface area contributed by atoms with Crippen molar-refractivity contribution in [2.45, 2.75) is 19.9 Å². The van der Waals surface area contributed by atoms with Gasteiger partial charge in [-0.05, 0) is 43.2 Å². The fourth-order valence-electron chi connectivity index (χ4n) is 1.88. The lowest BCUT2D eigenvalue weighted by atomic mass is 10.0. The minimum Gasteiger partial charge on any atom is -0.320 e. The van der Waals surface area contributed by atoms with Crippen molar-refractivity contribution < 1.29 is 0 Å². The number of aryl methyl sites for hydroxylation is 2. The molecule has 2 N–H and O–H groups in total. The van der Waals surface area contributed by atoms with Gasteiger partial charge in [-0.15, -0.1) is 11.3 Å². The fraction of sp³-hybridized carbons (Fsp3) is 0.231. The second kappa shape index (κ2) is 5.11. The smallest absolute Gasteiger partial charge is 0.0573 e. The summed E-state index contributed by atoms with van der Waals surface area (Å²) in [5.74, 6) is 0. The van der Waals surface area contributed by atoms with Gasteiger partial charge in [0.25, 0.3) is 0 Å². The lowest BCUT2D eigenvalue weighted by molar-refractivity contribution is 0.863. The first kappa shape index (κ1) is 13.1. The minimum absolute atomic E-state index is 0.105. The van der Waals surface area contributed by atoms with Crippen LogP contribution in [0.3, 0.4) is 0 Å². The molecule has 0 fully saturated rings. The van der Waals surface area contributed by atoms with Crippen LogP contribution in [0.15, 0.2) is 28.7 Å². The summed E-state index contributed by atoms with van der Waals surface area (Å²) in [5.41, 5.74) is 8.57. The van der Waals surface area contributed by atoms with Crippen molar-refractivity contribution in [2.24, 2.45) is 5.73 Å². The van der Waals surface area contributed by atoms with E-state index in [2.05, 4.69) is 35.8 Å². The van der Waals surface area contributed by atoms with Crippen LogP contribution in [-0.4, -0.2) is 0 Å². The van der Waals surface area contributed by atoms with Gasteiger partial charge in [0.05, 0.1) is 6.04 Å². The van der Waals surface area contributed by atoms with Gasteiger partial charge in [0.2, 0.25) is 0 Å². The van der Waals surface area contributed by atoms with Gasteiger partial charge in [-0.25, -0.2) is 0 Å². The molecule has 0 aliphatic carbocycles. The summed E-state index contributed by atoms with van der Waals surface area (Å²) < 4.78 is 0.959. The molecule has 0 amide bonds. The highest BCUT2D eigenvalue weighted by molar-refractivity contribution is 9.10. The first-order valence-corrected chi connectivity index (χ1v) is 7.25. The van der Waals surface area contributed by atoms with E-state index in [4.69, 9.17) is 17.3 Å². The molecule has 0 aliphatic heterocycles. The van der Waals surface area contributed by atoms with E-state index in [1.165, 1.54) is 15.3 Å². The summed E-state index contributed by atoms with van der Waals surface area (Å²) in [6.07, 6.45) is 0. The predicted octanol–water partition coefficient (Wildman–Crippen LogP) is 4.83. The van der Waals surface area contributed by atoms with Crippen molar-refractivity contribution in [3.63, 3.8) is 0 Å². The van der Waals surface area contributed by atoms with Crippen LogP contribution in [0.1, 0.15) is 26.9 Å². The molecule has 0 aliphatic rings. The van der Waals surface area contributed by atoms with Crippen molar-refractivity contribution >= 4 is 38.9 Å². The fourth-order valence-corrected chi connectivity index (χ4v) is 3.78. The quantitative estimate of drug-likeness (QED) is 0.838. The van der Waals surface area contributed by atoms with Crippen LogP contribution in [0.4, 0.5) is 0 Å². The zero-order valence-electron chi connectivity index (χ0n) is 9.63. The predicted molar refractivity (Wildman–Crippen MR) is 79.0 cm³/mol. The Morgan fingerprint density at radius 1 is 1.24 bits per heavy atom. The minimum atomic E-state index is -0.105. The Bertz CT molecular complexity index is 550. The van der Waals surface area contributed by atoms with Crippen molar-refractivity contribution in [1.29, 1.82) is 0 Å². The molecule has 1 aromatic heterocycles. The molecule has 4 heteroatoms. The van der Waals surface area contributed by atoms with E-state index < -0.39 is 0 Å². The third-order valence-corrected chi connectivity index (χ3v) is 4.62. The third kappa shape index (κ3) is 2.74. The molecule has 1 atom stereocenters. The number of hydrogen-bond donors (Lipinski definition) is 1. The Morgan fingerprint density at radius 2 is 1.94 bits per heavy atom. The Labute approximate surface area is 119 Å². The van der Waals surface area contributed by atoms with Gasteiger partial charge < -0.3 is 5.73 Å². The van der Waals surface area contributed by atoms with Crippen molar-refractivity contribution in [3.8, 4) is 0 Å². The molecule has 0 radical (unpaired) electrons. The normalized spacial score (nSPS) is 12.8. The Morgan fingerprint density at radius 3 is 2.47 bits per heavy atom. The summed E-state index contributed by atoms with van der Waals surface area (Å²) >= 11 is 11.2. The number of thiophene rings is 1. The number of nitrogens with two attached hydrogens (primary N) is 1. The molecule has 1 nitrogen and oxygen atoms in total. The summed E-state index contributed by atoms with van der Waals surface area (Å²) in [7, 11) is 0. The molecule has 0 saturated carbocycles. The average molecular weight is 331 g/mol. The number of hydrogen-bond acceptors (Lipinski definition) is 2. The second-order valence-corrected chi connectivity index (χ2v) is 6.76. The van der Waals surface area contributed by atoms with Crippen LogP contribution >= 0.6 is 38.9 Å². The molecular formula is C13H13BrClNS. The Balaban J connectivity index is 2.43. The maximum Gasteiger partial charge on any atom is 0.0573 e. The number of benzene rings is 1. The van der Waals surface area contributed by atoms with Crippen LogP contribution in [0, 0.1) is 13.8 Å². The molecule has 0 spiro atoms. The molecule has 1 aromatic carbocycles. The second-order valence-electron chi connectivity index (χ2n) is 4.01. The van der Waals surface area contributed by atoms with E-state index >= 15 is 0 Å². The van der Waals surface area contributed by atoms with Gasteiger partial charge in [0.1, 0.15) is 0 Å². The lowest BCUT2D eigenvalue weighted by Crippen LogP contribution is -2.12. The molecular weight excluding hydrogens is 318 g/mol. The molecule has 1 heterocycles. The summed E-state index contributed by atoms with van der Waals surface area (Å²) in [6.45, 7) is 4.21. The van der Waals surface area contributed by atoms with E-state index in [1.807, 2.05) is 18.2 Å². The Hall–Kier alpha value is -0.350. The highest BCUT2D eigenvalue weighted by atomic mass is 79.9. The van der Waals surface area contributed by atoms with E-state index in [1.54, 1.807) is 11.3 Å². The van der Waals surface area contributed by atoms with E-state index in [9.17, 15) is 0 Å². The van der Waals surface area contributed by atoms with Crippen molar-refractivity contribution in [3.05, 3.63) is 54.6 Å². The van der Waals surface area contributed by atoms with Gasteiger partial charge in [0.15, 0.2) is 0 Å². The summed E-state index contributed by atoms with van der Waals surface area (Å²) in [5, 5.41) is 0.714. The van der Waals surface area contributed by atoms with E-state index in [-0.39, 0.29) is 6.04 Å². The van der Waals surface area contributed by atoms with Gasteiger partial charge in [-0.3, -0.25) is 0 Å². The topological polar surface area (TPSA) is 26.0 Å². The van der Waals surface area contributed by atoms with Gasteiger partial charge in [-0.2, -0.15) is 0 Å². The molecule has 2 aromatic rings. The molecule has 0 saturated heterocycles. The van der Waals surface area contributed by atoms with Crippen LogP contribution < -0.4 is 5.73 Å². The SMILES string of the molecule is Cc1cc(C(N)c2ccc(Cl)cc2Br)c(C)s1. The van der Waals surface area contributed by atoms with Gasteiger partial charge >= 0.3 is 0 Å². The number of halogens is 2. The average Bonchev–Trinajstić information content (AvgIpc) is 2.57. The third-order valence-electron chi connectivity index (χ3n) is 2.71. The number of rotatable bonds is 2.